The third-order valence-corrected chi connectivity index (χ3v) is 5.46. The summed E-state index contributed by atoms with van der Waals surface area (Å²) in [6.45, 7) is 3.84. The zero-order valence-electron chi connectivity index (χ0n) is 15.8. The van der Waals surface area contributed by atoms with E-state index in [1.54, 1.807) is 16.9 Å². The number of H-pyrrole nitrogens is 2. The molecule has 142 valence electrons. The summed E-state index contributed by atoms with van der Waals surface area (Å²) < 4.78 is 1.58. The Kier molecular flexibility index (Phi) is 4.00. The van der Waals surface area contributed by atoms with Gasteiger partial charge in [-0.15, -0.1) is 0 Å². The fourth-order valence-electron chi connectivity index (χ4n) is 4.11. The Bertz CT molecular complexity index is 1170. The molecule has 1 fully saturated rings. The lowest BCUT2D eigenvalue weighted by molar-refractivity contribution is 0.579. The topological polar surface area (TPSA) is 82.1 Å². The van der Waals surface area contributed by atoms with Crippen molar-refractivity contribution < 1.29 is 0 Å². The number of nitrogens with one attached hydrogen (secondary N) is 2. The molecule has 0 atom stereocenters. The Morgan fingerprint density at radius 1 is 1.04 bits per heavy atom. The summed E-state index contributed by atoms with van der Waals surface area (Å²) in [4.78, 5) is 20.6. The second-order valence-electron chi connectivity index (χ2n) is 7.27. The molecule has 0 aliphatic carbocycles. The number of benzene rings is 1. The van der Waals surface area contributed by atoms with Crippen LogP contribution in [0.15, 0.2) is 47.5 Å². The highest BCUT2D eigenvalue weighted by atomic mass is 16.1. The number of aryl methyl sites for hydroxylation is 1. The van der Waals surface area contributed by atoms with Crippen LogP contribution in [0.5, 0.6) is 0 Å². The summed E-state index contributed by atoms with van der Waals surface area (Å²) >= 11 is 0. The zero-order chi connectivity index (χ0) is 19.1. The molecule has 5 rings (SSSR count). The number of piperidine rings is 1. The van der Waals surface area contributed by atoms with Crippen molar-refractivity contribution in [3.8, 4) is 22.4 Å². The largest absolute Gasteiger partial charge is 0.367 e. The van der Waals surface area contributed by atoms with E-state index in [9.17, 15) is 4.79 Å². The Balaban J connectivity index is 1.81. The summed E-state index contributed by atoms with van der Waals surface area (Å²) in [5.41, 5.74) is 5.62. The number of aromatic nitrogens is 5. The second kappa shape index (κ2) is 6.67. The van der Waals surface area contributed by atoms with Gasteiger partial charge in [0.05, 0.1) is 23.1 Å². The van der Waals surface area contributed by atoms with Gasteiger partial charge in [-0.05, 0) is 26.2 Å². The van der Waals surface area contributed by atoms with Crippen LogP contribution in [0.3, 0.4) is 0 Å². The van der Waals surface area contributed by atoms with Crippen molar-refractivity contribution in [1.82, 2.24) is 24.8 Å². The summed E-state index contributed by atoms with van der Waals surface area (Å²) in [7, 11) is 0. The van der Waals surface area contributed by atoms with Gasteiger partial charge < -0.3 is 4.90 Å². The predicted molar refractivity (Wildman–Crippen MR) is 110 cm³/mol. The van der Waals surface area contributed by atoms with E-state index in [1.165, 1.54) is 6.42 Å². The van der Waals surface area contributed by atoms with Crippen LogP contribution in [-0.2, 0) is 0 Å². The number of hydrogen-bond donors (Lipinski definition) is 2. The molecule has 0 amide bonds. The maximum Gasteiger partial charge on any atom is 0.281 e. The molecule has 0 saturated carbocycles. The average molecular weight is 374 g/mol. The molecule has 0 unspecified atom stereocenters. The second-order valence-corrected chi connectivity index (χ2v) is 7.27. The lowest BCUT2D eigenvalue weighted by atomic mass is 10.1. The lowest BCUT2D eigenvalue weighted by Crippen LogP contribution is -2.30. The molecule has 7 nitrogen and oxygen atoms in total. The predicted octanol–water partition coefficient (Wildman–Crippen LogP) is 3.38. The smallest absolute Gasteiger partial charge is 0.281 e. The average Bonchev–Trinajstić information content (AvgIpc) is 3.38. The van der Waals surface area contributed by atoms with Gasteiger partial charge in [0.15, 0.2) is 5.65 Å². The van der Waals surface area contributed by atoms with Crippen molar-refractivity contribution in [3.05, 3.63) is 58.8 Å². The molecule has 2 N–H and O–H groups in total. The number of aromatic amines is 2. The molecule has 0 spiro atoms. The highest BCUT2D eigenvalue weighted by Gasteiger charge is 2.25. The highest BCUT2D eigenvalue weighted by molar-refractivity contribution is 5.86. The Morgan fingerprint density at radius 3 is 2.54 bits per heavy atom. The quantitative estimate of drug-likeness (QED) is 0.576. The summed E-state index contributed by atoms with van der Waals surface area (Å²) in [6.07, 6.45) is 6.94. The molecule has 28 heavy (non-hydrogen) atoms. The van der Waals surface area contributed by atoms with Gasteiger partial charge in [0.1, 0.15) is 5.69 Å². The minimum Gasteiger partial charge on any atom is -0.367 e. The maximum absolute atomic E-state index is 13.4. The summed E-state index contributed by atoms with van der Waals surface area (Å²) in [6, 6.07) is 10.1. The van der Waals surface area contributed by atoms with Crippen LogP contribution in [0, 0.1) is 6.92 Å². The van der Waals surface area contributed by atoms with Crippen molar-refractivity contribution >= 4 is 11.3 Å². The summed E-state index contributed by atoms with van der Waals surface area (Å²) in [5, 5.41) is 10.1. The van der Waals surface area contributed by atoms with Crippen molar-refractivity contribution in [2.24, 2.45) is 0 Å². The Labute approximate surface area is 162 Å². The maximum atomic E-state index is 13.4. The third kappa shape index (κ3) is 2.62. The first-order chi connectivity index (χ1) is 13.7. The number of hydrogen-bond acceptors (Lipinski definition) is 4. The van der Waals surface area contributed by atoms with Crippen LogP contribution >= 0.6 is 0 Å². The van der Waals surface area contributed by atoms with Gasteiger partial charge in [0.2, 0.25) is 0 Å². The van der Waals surface area contributed by atoms with E-state index in [1.807, 2.05) is 25.1 Å². The van der Waals surface area contributed by atoms with Crippen LogP contribution in [0.1, 0.15) is 25.0 Å². The minimum absolute atomic E-state index is 0.107. The van der Waals surface area contributed by atoms with Crippen molar-refractivity contribution in [2.45, 2.75) is 26.2 Å². The van der Waals surface area contributed by atoms with Crippen LogP contribution in [0.2, 0.25) is 0 Å². The standard InChI is InChI=1S/C21H22N6O/c1-14-17(16-12-22-23-13-16)21(28)27-20(24-14)19(26-10-6-3-7-11-26)18(25-27)15-8-4-2-5-9-15/h2,4-5,8-9,12-13,25H,3,6-7,10-11H2,1H3,(H,22,23). The van der Waals surface area contributed by atoms with Gasteiger partial charge in [-0.3, -0.25) is 15.0 Å². The van der Waals surface area contributed by atoms with Gasteiger partial charge in [-0.2, -0.15) is 9.61 Å². The lowest BCUT2D eigenvalue weighted by Gasteiger charge is -2.28. The van der Waals surface area contributed by atoms with E-state index in [0.29, 0.717) is 16.9 Å². The van der Waals surface area contributed by atoms with Crippen LogP contribution in [0.4, 0.5) is 5.69 Å². The third-order valence-electron chi connectivity index (χ3n) is 5.46. The van der Waals surface area contributed by atoms with Crippen LogP contribution < -0.4 is 10.5 Å². The van der Waals surface area contributed by atoms with Crippen LogP contribution in [0.25, 0.3) is 28.0 Å². The monoisotopic (exact) mass is 374 g/mol. The Morgan fingerprint density at radius 2 is 1.82 bits per heavy atom. The van der Waals surface area contributed by atoms with Gasteiger partial charge in [-0.1, -0.05) is 30.3 Å². The van der Waals surface area contributed by atoms with Gasteiger partial charge in [0.25, 0.3) is 5.56 Å². The molecule has 7 heteroatoms. The number of anilines is 1. The van der Waals surface area contributed by atoms with E-state index < -0.39 is 0 Å². The van der Waals surface area contributed by atoms with Gasteiger partial charge in [0, 0.05) is 30.4 Å². The molecule has 1 aromatic carbocycles. The molecule has 4 aromatic rings. The van der Waals surface area contributed by atoms with E-state index >= 15 is 0 Å². The SMILES string of the molecule is Cc1nc2c(N3CCCCC3)c(-c3ccccc3)[nH]n2c(=O)c1-c1cn[nH]c1. The van der Waals surface area contributed by atoms with E-state index in [4.69, 9.17) is 4.98 Å². The first kappa shape index (κ1) is 16.8. The van der Waals surface area contributed by atoms with Gasteiger partial charge in [-0.25, -0.2) is 4.98 Å². The molecular formula is C21H22N6O. The molecule has 1 aliphatic rings. The fraction of sp³-hybridized carbons (Fsp3) is 0.286. The fourth-order valence-corrected chi connectivity index (χ4v) is 4.11. The highest BCUT2D eigenvalue weighted by Crippen LogP contribution is 2.35. The first-order valence-corrected chi connectivity index (χ1v) is 9.69. The number of rotatable bonds is 3. The summed E-state index contributed by atoms with van der Waals surface area (Å²) in [5.74, 6) is 0. The molecule has 3 aromatic heterocycles. The molecule has 0 radical (unpaired) electrons. The van der Waals surface area contributed by atoms with E-state index in [2.05, 4.69) is 32.3 Å². The first-order valence-electron chi connectivity index (χ1n) is 9.69. The molecule has 1 aliphatic heterocycles. The number of fused-ring (bicyclic) bond motifs is 1. The zero-order valence-corrected chi connectivity index (χ0v) is 15.8. The molecular weight excluding hydrogens is 352 g/mol. The minimum atomic E-state index is -0.107. The van der Waals surface area contributed by atoms with Crippen molar-refractivity contribution in [3.63, 3.8) is 0 Å². The van der Waals surface area contributed by atoms with Crippen molar-refractivity contribution in [2.75, 3.05) is 18.0 Å². The van der Waals surface area contributed by atoms with Crippen molar-refractivity contribution in [1.29, 1.82) is 0 Å². The molecule has 4 heterocycles. The number of nitrogens with zero attached hydrogens (tertiary/aromatic N) is 4. The molecule has 0 bridgehead atoms. The Hall–Kier alpha value is -3.35. The normalized spacial score (nSPS) is 14.7. The van der Waals surface area contributed by atoms with E-state index in [-0.39, 0.29) is 5.56 Å². The molecule has 1 saturated heterocycles. The van der Waals surface area contributed by atoms with E-state index in [0.717, 1.165) is 48.4 Å². The van der Waals surface area contributed by atoms with Gasteiger partial charge >= 0.3 is 0 Å². The van der Waals surface area contributed by atoms with Crippen LogP contribution in [-0.4, -0.2) is 37.9 Å².